The van der Waals surface area contributed by atoms with Crippen molar-refractivity contribution in [2.45, 2.75) is 31.6 Å². The summed E-state index contributed by atoms with van der Waals surface area (Å²) in [7, 11) is 0. The summed E-state index contributed by atoms with van der Waals surface area (Å²) < 4.78 is 9.68. The first-order valence-corrected chi connectivity index (χ1v) is 36.6. The van der Waals surface area contributed by atoms with E-state index in [-0.39, 0.29) is 5.41 Å². The second-order valence-corrected chi connectivity index (χ2v) is 29.2. The van der Waals surface area contributed by atoms with E-state index in [0.717, 1.165) is 5.69 Å². The molecule has 0 saturated heterocycles. The average molecular weight is 1340 g/mol. The Hall–Kier alpha value is -13.3. The molecule has 0 fully saturated rings. The molecular weight excluding hydrogens is 1270 g/mol. The fraction of sp³-hybridized carbons (Fsp3) is 0.0495. The van der Waals surface area contributed by atoms with Crippen LogP contribution < -0.4 is 0 Å². The number of fused-ring (bicyclic) bond motifs is 18. The van der Waals surface area contributed by atoms with E-state index in [1.807, 2.05) is 0 Å². The summed E-state index contributed by atoms with van der Waals surface area (Å²) in [6, 6.07) is 137. The van der Waals surface area contributed by atoms with Crippen molar-refractivity contribution in [2.75, 3.05) is 0 Å². The molecule has 0 saturated carbocycles. The molecule has 4 aromatic heterocycles. The molecule has 4 heteroatoms. The Morgan fingerprint density at radius 1 is 0.200 bits per heavy atom. The minimum atomic E-state index is -0.442. The molecule has 22 rings (SSSR count). The van der Waals surface area contributed by atoms with E-state index in [1.54, 1.807) is 0 Å². The third kappa shape index (κ3) is 9.06. The van der Waals surface area contributed by atoms with Crippen LogP contribution in [0.4, 0.5) is 0 Å². The van der Waals surface area contributed by atoms with Gasteiger partial charge in [-0.1, -0.05) is 274 Å². The molecule has 0 aliphatic heterocycles. The molecule has 0 N–H and O–H groups in total. The fourth-order valence-corrected chi connectivity index (χ4v) is 18.4. The molecule has 0 spiro atoms. The zero-order valence-corrected chi connectivity index (χ0v) is 58.5. The van der Waals surface area contributed by atoms with E-state index in [0.29, 0.717) is 0 Å². The predicted octanol–water partition coefficient (Wildman–Crippen LogP) is 26.1. The first-order valence-electron chi connectivity index (χ1n) is 36.6. The predicted molar refractivity (Wildman–Crippen MR) is 441 cm³/mol. The summed E-state index contributed by atoms with van der Waals surface area (Å²) in [5.41, 5.74) is 33.4. The van der Waals surface area contributed by atoms with E-state index in [9.17, 15) is 0 Å². The van der Waals surface area contributed by atoms with Gasteiger partial charge >= 0.3 is 0 Å². The van der Waals surface area contributed by atoms with Gasteiger partial charge in [0.05, 0.1) is 49.5 Å². The Morgan fingerprint density at radius 3 is 1.06 bits per heavy atom. The van der Waals surface area contributed by atoms with Crippen molar-refractivity contribution < 1.29 is 0 Å². The van der Waals surface area contributed by atoms with E-state index < -0.39 is 5.41 Å². The third-order valence-electron chi connectivity index (χ3n) is 23.2. The quantitative estimate of drug-likeness (QED) is 0.144. The lowest BCUT2D eigenvalue weighted by Gasteiger charge is -2.33. The summed E-state index contributed by atoms with van der Waals surface area (Å²) in [6.07, 6.45) is 0. The van der Waals surface area contributed by atoms with Crippen LogP contribution in [0.3, 0.4) is 0 Å². The fourth-order valence-electron chi connectivity index (χ4n) is 18.4. The summed E-state index contributed by atoms with van der Waals surface area (Å²) >= 11 is 0. The molecule has 0 amide bonds. The zero-order valence-electron chi connectivity index (χ0n) is 58.5. The van der Waals surface area contributed by atoms with E-state index in [2.05, 4.69) is 409 Å². The van der Waals surface area contributed by atoms with Crippen molar-refractivity contribution in [3.8, 4) is 67.3 Å². The third-order valence-corrected chi connectivity index (χ3v) is 23.2. The topological polar surface area (TPSA) is 19.7 Å². The van der Waals surface area contributed by atoms with Crippen molar-refractivity contribution in [1.29, 1.82) is 0 Å². The molecule has 0 atom stereocenters. The maximum absolute atomic E-state index is 2.50. The first kappa shape index (κ1) is 60.5. The molecule has 494 valence electrons. The molecule has 2 aliphatic rings. The van der Waals surface area contributed by atoms with Gasteiger partial charge in [-0.05, 0) is 200 Å². The molecule has 4 nitrogen and oxygen atoms in total. The zero-order chi connectivity index (χ0) is 69.7. The summed E-state index contributed by atoms with van der Waals surface area (Å²) in [5.74, 6) is 0. The minimum Gasteiger partial charge on any atom is -0.309 e. The largest absolute Gasteiger partial charge is 0.309 e. The highest BCUT2D eigenvalue weighted by Gasteiger charge is 2.46. The highest BCUT2D eigenvalue weighted by Crippen LogP contribution is 2.58. The maximum Gasteiger partial charge on any atom is 0.0713 e. The number of hydrogen-bond acceptors (Lipinski definition) is 0. The Morgan fingerprint density at radius 2 is 0.533 bits per heavy atom. The molecule has 0 unspecified atom stereocenters. The number of aromatic nitrogens is 4. The number of hydrogen-bond donors (Lipinski definition) is 0. The van der Waals surface area contributed by atoms with Crippen LogP contribution in [0.15, 0.2) is 370 Å². The molecular formula is C101H70N4. The number of nitrogens with zero attached hydrogens (tertiary/aromatic N) is 4. The van der Waals surface area contributed by atoms with Gasteiger partial charge in [0.2, 0.25) is 0 Å². The van der Waals surface area contributed by atoms with Gasteiger partial charge in [0.15, 0.2) is 0 Å². The smallest absolute Gasteiger partial charge is 0.0713 e. The first-order chi connectivity index (χ1) is 51.8. The van der Waals surface area contributed by atoms with E-state index >= 15 is 0 Å². The van der Waals surface area contributed by atoms with Crippen molar-refractivity contribution in [1.82, 2.24) is 18.3 Å². The molecule has 2 aliphatic carbocycles. The average Bonchev–Trinajstić information content (AvgIpc) is 1.53. The van der Waals surface area contributed by atoms with Crippen LogP contribution in [0, 0.1) is 6.92 Å². The van der Waals surface area contributed by atoms with Crippen LogP contribution in [0.1, 0.15) is 52.8 Å². The molecule has 16 aromatic carbocycles. The van der Waals surface area contributed by atoms with Gasteiger partial charge in [0, 0.05) is 71.3 Å². The van der Waals surface area contributed by atoms with Crippen molar-refractivity contribution >= 4 is 87.2 Å². The molecule has 105 heavy (non-hydrogen) atoms. The summed E-state index contributed by atoms with van der Waals surface area (Å²) in [6.45, 7) is 6.86. The Kier molecular flexibility index (Phi) is 13.5. The van der Waals surface area contributed by atoms with Gasteiger partial charge in [-0.3, -0.25) is 0 Å². The molecule has 0 bridgehead atoms. The van der Waals surface area contributed by atoms with Crippen LogP contribution in [-0.4, -0.2) is 18.3 Å². The van der Waals surface area contributed by atoms with Crippen LogP contribution >= 0.6 is 0 Å². The van der Waals surface area contributed by atoms with Crippen molar-refractivity contribution in [2.24, 2.45) is 0 Å². The van der Waals surface area contributed by atoms with Gasteiger partial charge in [0.25, 0.3) is 0 Å². The Balaban J connectivity index is 0.000000137. The minimum absolute atomic E-state index is 0.0305. The number of benzene rings is 16. The number of para-hydroxylation sites is 5. The van der Waals surface area contributed by atoms with Crippen molar-refractivity contribution in [3.05, 3.63) is 409 Å². The van der Waals surface area contributed by atoms with Crippen LogP contribution in [0.5, 0.6) is 0 Å². The van der Waals surface area contributed by atoms with E-state index in [4.69, 9.17) is 0 Å². The SMILES string of the molecule is Cc1ccc(-n2c3ccccc3c3ccc(-c4ccc(-n5c6ccccc6c6cc7c(cc65)-c5ccccc5C7(C)C)cc4)cc32)cc1.c1ccc(-n2c3ccccc3c3cc(-c4ccc(-n5c6ccccc6c6cc7c(cc65)-c5ccccc5C7(c5ccccc5)c5ccccc5)cc4)ccc32)cc1. The van der Waals surface area contributed by atoms with Crippen LogP contribution in [0.25, 0.3) is 154 Å². The standard InChI is InChI=1S/C55H36N2.C46H34N2/c1-4-16-39(17-5-1)55(40-18-6-2-7-19-40)49-25-13-10-22-43(49)46-36-54-48(35-50(46)55)45-24-12-15-27-52(45)57(54)42-31-28-37(29-32-42)38-30-33-53-47(34-38)44-23-11-14-26-51(44)56(53)41-20-8-3-9-21-41;1-29-16-21-32(22-17-29)47-42-14-8-5-11-35(42)37-25-20-31(26-44(37)47)30-18-23-33(24-19-30)48-43-15-9-6-12-36(43)39-27-41-38(28-45(39)48)34-10-4-7-13-40(34)46(41,2)3/h1-36H;4-28H,1-3H3. The second-order valence-electron chi connectivity index (χ2n) is 29.2. The van der Waals surface area contributed by atoms with Crippen LogP contribution in [-0.2, 0) is 10.8 Å². The monoisotopic (exact) mass is 1340 g/mol. The normalized spacial score (nSPS) is 13.2. The molecule has 4 heterocycles. The van der Waals surface area contributed by atoms with Gasteiger partial charge in [0.1, 0.15) is 0 Å². The lowest BCUT2D eigenvalue weighted by atomic mass is 9.67. The van der Waals surface area contributed by atoms with Crippen LogP contribution in [0.2, 0.25) is 0 Å². The Labute approximate surface area is 609 Å². The highest BCUT2D eigenvalue weighted by atomic mass is 15.0. The lowest BCUT2D eigenvalue weighted by Crippen LogP contribution is -2.28. The van der Waals surface area contributed by atoms with Crippen molar-refractivity contribution in [3.63, 3.8) is 0 Å². The number of rotatable bonds is 8. The number of aryl methyl sites for hydroxylation is 1. The lowest BCUT2D eigenvalue weighted by molar-refractivity contribution is 0.661. The maximum atomic E-state index is 2.50. The summed E-state index contributed by atoms with van der Waals surface area (Å²) in [4.78, 5) is 0. The highest BCUT2D eigenvalue weighted by molar-refractivity contribution is 6.15. The van der Waals surface area contributed by atoms with Gasteiger partial charge in [-0.15, -0.1) is 0 Å². The van der Waals surface area contributed by atoms with Gasteiger partial charge in [-0.2, -0.15) is 0 Å². The van der Waals surface area contributed by atoms with E-state index in [1.165, 1.54) is 188 Å². The summed E-state index contributed by atoms with van der Waals surface area (Å²) in [5, 5.41) is 10.2. The second kappa shape index (κ2) is 23.4. The molecule has 0 radical (unpaired) electrons. The molecule has 20 aromatic rings. The Bertz CT molecular complexity index is 6840. The van der Waals surface area contributed by atoms with Gasteiger partial charge < -0.3 is 18.3 Å². The van der Waals surface area contributed by atoms with Gasteiger partial charge in [-0.25, -0.2) is 0 Å².